The Morgan fingerprint density at radius 1 is 1.50 bits per heavy atom. The van der Waals surface area contributed by atoms with Crippen molar-refractivity contribution in [3.05, 3.63) is 42.0 Å². The van der Waals surface area contributed by atoms with Gasteiger partial charge in [0, 0.05) is 0 Å². The molecule has 0 atom stereocenters. The zero-order valence-electron chi connectivity index (χ0n) is 7.38. The fourth-order valence-corrected chi connectivity index (χ4v) is 1.09. The van der Waals surface area contributed by atoms with Gasteiger partial charge in [0.25, 0.3) is 0 Å². The standard InChI is InChI=1S/C11H14O/c1-3-9(2)11-6-4-5-10(7-11)8-12/h4-7,12H,2-3,8H2,1H3. The predicted octanol–water partition coefficient (Wildman–Crippen LogP) is 2.60. The molecule has 0 bridgehead atoms. The van der Waals surface area contributed by atoms with Gasteiger partial charge in [0.15, 0.2) is 0 Å². The molecule has 1 aromatic carbocycles. The van der Waals surface area contributed by atoms with Crippen LogP contribution in [0.3, 0.4) is 0 Å². The normalized spacial score (nSPS) is 9.83. The second-order valence-corrected chi connectivity index (χ2v) is 2.82. The summed E-state index contributed by atoms with van der Waals surface area (Å²) >= 11 is 0. The molecule has 0 radical (unpaired) electrons. The summed E-state index contributed by atoms with van der Waals surface area (Å²) in [4.78, 5) is 0. The summed E-state index contributed by atoms with van der Waals surface area (Å²) in [6, 6.07) is 7.85. The van der Waals surface area contributed by atoms with Crippen LogP contribution in [0.2, 0.25) is 0 Å². The van der Waals surface area contributed by atoms with Gasteiger partial charge in [-0.05, 0) is 29.2 Å². The summed E-state index contributed by atoms with van der Waals surface area (Å²) in [6.45, 7) is 6.12. The van der Waals surface area contributed by atoms with Crippen LogP contribution in [0.15, 0.2) is 30.8 Å². The van der Waals surface area contributed by atoms with Crippen LogP contribution in [0, 0.1) is 0 Å². The molecule has 64 valence electrons. The van der Waals surface area contributed by atoms with Gasteiger partial charge in [-0.3, -0.25) is 0 Å². The monoisotopic (exact) mass is 162 g/mol. The third-order valence-electron chi connectivity index (χ3n) is 1.94. The third kappa shape index (κ3) is 1.95. The molecule has 0 aliphatic rings. The summed E-state index contributed by atoms with van der Waals surface area (Å²) in [5, 5.41) is 8.89. The first-order valence-corrected chi connectivity index (χ1v) is 4.16. The Hall–Kier alpha value is -1.08. The molecule has 0 spiro atoms. The van der Waals surface area contributed by atoms with E-state index in [2.05, 4.69) is 13.5 Å². The molecule has 0 amide bonds. The summed E-state index contributed by atoms with van der Waals surface area (Å²) in [7, 11) is 0. The molecular weight excluding hydrogens is 148 g/mol. The number of hydrogen-bond donors (Lipinski definition) is 1. The van der Waals surface area contributed by atoms with Crippen molar-refractivity contribution < 1.29 is 5.11 Å². The molecule has 0 heterocycles. The number of aliphatic hydroxyl groups is 1. The molecular formula is C11H14O. The predicted molar refractivity (Wildman–Crippen MR) is 51.7 cm³/mol. The van der Waals surface area contributed by atoms with Gasteiger partial charge in [-0.1, -0.05) is 31.7 Å². The van der Waals surface area contributed by atoms with Crippen molar-refractivity contribution in [3.63, 3.8) is 0 Å². The summed E-state index contributed by atoms with van der Waals surface area (Å²) in [6.07, 6.45) is 0.953. The maximum absolute atomic E-state index is 8.89. The van der Waals surface area contributed by atoms with Crippen LogP contribution in [-0.4, -0.2) is 5.11 Å². The highest BCUT2D eigenvalue weighted by molar-refractivity contribution is 5.63. The van der Waals surface area contributed by atoms with Crippen LogP contribution in [0.1, 0.15) is 24.5 Å². The van der Waals surface area contributed by atoms with Gasteiger partial charge < -0.3 is 5.11 Å². The van der Waals surface area contributed by atoms with Crippen LogP contribution in [0.5, 0.6) is 0 Å². The van der Waals surface area contributed by atoms with Crippen molar-refractivity contribution in [1.82, 2.24) is 0 Å². The number of aliphatic hydroxyl groups excluding tert-OH is 1. The number of benzene rings is 1. The zero-order valence-corrected chi connectivity index (χ0v) is 7.38. The first-order valence-electron chi connectivity index (χ1n) is 4.16. The SMILES string of the molecule is C=C(CC)c1cccc(CO)c1. The van der Waals surface area contributed by atoms with Crippen LogP contribution >= 0.6 is 0 Å². The smallest absolute Gasteiger partial charge is 0.0682 e. The first kappa shape index (κ1) is 9.01. The number of hydrogen-bond acceptors (Lipinski definition) is 1. The molecule has 1 N–H and O–H groups in total. The Kier molecular flexibility index (Phi) is 3.06. The van der Waals surface area contributed by atoms with E-state index in [0.29, 0.717) is 0 Å². The van der Waals surface area contributed by atoms with Gasteiger partial charge in [0.1, 0.15) is 0 Å². The Labute approximate surface area is 73.4 Å². The Bertz CT molecular complexity index is 276. The van der Waals surface area contributed by atoms with Gasteiger partial charge in [-0.25, -0.2) is 0 Å². The quantitative estimate of drug-likeness (QED) is 0.724. The zero-order chi connectivity index (χ0) is 8.97. The summed E-state index contributed by atoms with van der Waals surface area (Å²) in [5.74, 6) is 0. The molecule has 1 aromatic rings. The Morgan fingerprint density at radius 2 is 2.25 bits per heavy atom. The Balaban J connectivity index is 2.93. The van der Waals surface area contributed by atoms with E-state index in [4.69, 9.17) is 5.11 Å². The maximum atomic E-state index is 8.89. The van der Waals surface area contributed by atoms with Crippen molar-refractivity contribution in [2.45, 2.75) is 20.0 Å². The van der Waals surface area contributed by atoms with E-state index in [1.54, 1.807) is 0 Å². The first-order chi connectivity index (χ1) is 5.77. The molecule has 0 aromatic heterocycles. The van der Waals surface area contributed by atoms with E-state index in [1.807, 2.05) is 24.3 Å². The molecule has 0 saturated heterocycles. The topological polar surface area (TPSA) is 20.2 Å². The Morgan fingerprint density at radius 3 is 2.83 bits per heavy atom. The van der Waals surface area contributed by atoms with Crippen molar-refractivity contribution in [2.75, 3.05) is 0 Å². The van der Waals surface area contributed by atoms with Crippen LogP contribution < -0.4 is 0 Å². The second kappa shape index (κ2) is 4.07. The molecule has 0 aliphatic carbocycles. The maximum Gasteiger partial charge on any atom is 0.0682 e. The van der Waals surface area contributed by atoms with Gasteiger partial charge >= 0.3 is 0 Å². The second-order valence-electron chi connectivity index (χ2n) is 2.82. The lowest BCUT2D eigenvalue weighted by atomic mass is 10.0. The highest BCUT2D eigenvalue weighted by Crippen LogP contribution is 2.16. The lowest BCUT2D eigenvalue weighted by Gasteiger charge is -2.03. The van der Waals surface area contributed by atoms with Gasteiger partial charge in [0.2, 0.25) is 0 Å². The van der Waals surface area contributed by atoms with Crippen LogP contribution in [-0.2, 0) is 6.61 Å². The van der Waals surface area contributed by atoms with E-state index in [0.717, 1.165) is 23.1 Å². The molecule has 0 fully saturated rings. The van der Waals surface area contributed by atoms with Crippen LogP contribution in [0.4, 0.5) is 0 Å². The van der Waals surface area contributed by atoms with Gasteiger partial charge in [0.05, 0.1) is 6.61 Å². The van der Waals surface area contributed by atoms with E-state index < -0.39 is 0 Å². The van der Waals surface area contributed by atoms with E-state index in [-0.39, 0.29) is 6.61 Å². The molecule has 0 saturated carbocycles. The fourth-order valence-electron chi connectivity index (χ4n) is 1.09. The lowest BCUT2D eigenvalue weighted by molar-refractivity contribution is 0.282. The number of rotatable bonds is 3. The minimum Gasteiger partial charge on any atom is -0.392 e. The average molecular weight is 162 g/mol. The molecule has 0 unspecified atom stereocenters. The summed E-state index contributed by atoms with van der Waals surface area (Å²) in [5.41, 5.74) is 3.19. The largest absolute Gasteiger partial charge is 0.392 e. The van der Waals surface area contributed by atoms with Crippen molar-refractivity contribution in [1.29, 1.82) is 0 Å². The van der Waals surface area contributed by atoms with Crippen molar-refractivity contribution >= 4 is 5.57 Å². The summed E-state index contributed by atoms with van der Waals surface area (Å²) < 4.78 is 0. The van der Waals surface area contributed by atoms with Gasteiger partial charge in [-0.2, -0.15) is 0 Å². The van der Waals surface area contributed by atoms with Crippen molar-refractivity contribution in [3.8, 4) is 0 Å². The highest BCUT2D eigenvalue weighted by Gasteiger charge is 1.96. The molecule has 1 nitrogen and oxygen atoms in total. The molecule has 0 aliphatic heterocycles. The molecule has 12 heavy (non-hydrogen) atoms. The third-order valence-corrected chi connectivity index (χ3v) is 1.94. The molecule has 1 heteroatoms. The minimum absolute atomic E-state index is 0.102. The minimum atomic E-state index is 0.102. The van der Waals surface area contributed by atoms with Gasteiger partial charge in [-0.15, -0.1) is 0 Å². The van der Waals surface area contributed by atoms with Crippen molar-refractivity contribution in [2.24, 2.45) is 0 Å². The lowest BCUT2D eigenvalue weighted by Crippen LogP contribution is -1.86. The average Bonchev–Trinajstić information content (AvgIpc) is 2.17. The van der Waals surface area contributed by atoms with E-state index in [1.165, 1.54) is 0 Å². The van der Waals surface area contributed by atoms with E-state index in [9.17, 15) is 0 Å². The van der Waals surface area contributed by atoms with Crippen LogP contribution in [0.25, 0.3) is 5.57 Å². The highest BCUT2D eigenvalue weighted by atomic mass is 16.3. The van der Waals surface area contributed by atoms with E-state index >= 15 is 0 Å². The fraction of sp³-hybridized carbons (Fsp3) is 0.273. The molecule has 1 rings (SSSR count). The number of allylic oxidation sites excluding steroid dienone is 1.